The van der Waals surface area contributed by atoms with E-state index in [9.17, 15) is 4.79 Å². The molecule has 1 unspecified atom stereocenters. The molecule has 0 spiro atoms. The Morgan fingerprint density at radius 2 is 2.29 bits per heavy atom. The fourth-order valence-electron chi connectivity index (χ4n) is 2.61. The summed E-state index contributed by atoms with van der Waals surface area (Å²) in [5, 5.41) is 4.52. The number of anilines is 1. The van der Waals surface area contributed by atoms with E-state index in [1.54, 1.807) is 6.20 Å². The van der Waals surface area contributed by atoms with Crippen molar-refractivity contribution in [3.05, 3.63) is 21.6 Å². The highest BCUT2D eigenvalue weighted by Gasteiger charge is 2.22. The number of hydrogen-bond donors (Lipinski definition) is 1. The lowest BCUT2D eigenvalue weighted by atomic mass is 9.98. The van der Waals surface area contributed by atoms with Crippen LogP contribution in [0.1, 0.15) is 12.8 Å². The van der Waals surface area contributed by atoms with Crippen molar-refractivity contribution in [2.24, 2.45) is 11.7 Å². The summed E-state index contributed by atoms with van der Waals surface area (Å²) in [7, 11) is 3.92. The van der Waals surface area contributed by atoms with Crippen molar-refractivity contribution in [3.8, 4) is 0 Å². The predicted molar refractivity (Wildman–Crippen MR) is 86.1 cm³/mol. The Morgan fingerprint density at radius 3 is 2.95 bits per heavy atom. The second-order valence-corrected chi connectivity index (χ2v) is 6.24. The number of piperidine rings is 1. The van der Waals surface area contributed by atoms with Crippen LogP contribution in [-0.4, -0.2) is 55.0 Å². The molecule has 2 heterocycles. The van der Waals surface area contributed by atoms with E-state index in [1.807, 2.05) is 19.0 Å². The fraction of sp³-hybridized carbons (Fsp3) is 0.714. The fourth-order valence-corrected chi connectivity index (χ4v) is 2.87. The summed E-state index contributed by atoms with van der Waals surface area (Å²) in [5.41, 5.74) is 6.28. The van der Waals surface area contributed by atoms with Crippen LogP contribution in [0.3, 0.4) is 0 Å². The predicted octanol–water partition coefficient (Wildman–Crippen LogP) is 0.633. The van der Waals surface area contributed by atoms with Gasteiger partial charge in [-0.1, -0.05) is 11.6 Å². The van der Waals surface area contributed by atoms with Crippen LogP contribution in [0.4, 0.5) is 5.69 Å². The van der Waals surface area contributed by atoms with Gasteiger partial charge < -0.3 is 15.5 Å². The Kier molecular flexibility index (Phi) is 5.61. The van der Waals surface area contributed by atoms with Gasteiger partial charge in [0, 0.05) is 19.6 Å². The number of halogens is 1. The summed E-state index contributed by atoms with van der Waals surface area (Å²) in [6.45, 7) is 3.71. The largest absolute Gasteiger partial charge is 0.369 e. The Balaban J connectivity index is 2.18. The first-order valence-electron chi connectivity index (χ1n) is 7.38. The SMILES string of the molecule is CN(C)CCn1ncc(N2CCCC(CN)C2)c(Cl)c1=O. The molecule has 1 atom stereocenters. The van der Waals surface area contributed by atoms with Gasteiger partial charge in [0.1, 0.15) is 5.02 Å². The monoisotopic (exact) mass is 313 g/mol. The molecule has 0 bridgehead atoms. The summed E-state index contributed by atoms with van der Waals surface area (Å²) in [5.74, 6) is 0.464. The highest BCUT2D eigenvalue weighted by molar-refractivity contribution is 6.33. The first-order valence-corrected chi connectivity index (χ1v) is 7.76. The van der Waals surface area contributed by atoms with Gasteiger partial charge in [0.25, 0.3) is 5.56 Å². The Labute approximate surface area is 130 Å². The molecular formula is C14H24ClN5O. The van der Waals surface area contributed by atoms with Crippen LogP contribution in [-0.2, 0) is 6.54 Å². The molecule has 1 aliphatic heterocycles. The Hall–Kier alpha value is -1.11. The smallest absolute Gasteiger partial charge is 0.287 e. The lowest BCUT2D eigenvalue weighted by molar-refractivity contribution is 0.367. The summed E-state index contributed by atoms with van der Waals surface area (Å²) in [6.07, 6.45) is 3.91. The van der Waals surface area contributed by atoms with E-state index in [4.69, 9.17) is 17.3 Å². The molecule has 0 aromatic carbocycles. The van der Waals surface area contributed by atoms with Crippen LogP contribution in [0.5, 0.6) is 0 Å². The minimum absolute atomic E-state index is 0.217. The van der Waals surface area contributed by atoms with Crippen molar-refractivity contribution in [1.29, 1.82) is 0 Å². The van der Waals surface area contributed by atoms with E-state index >= 15 is 0 Å². The van der Waals surface area contributed by atoms with E-state index in [2.05, 4.69) is 10.00 Å². The van der Waals surface area contributed by atoms with E-state index < -0.39 is 0 Å². The maximum absolute atomic E-state index is 12.3. The lowest BCUT2D eigenvalue weighted by Crippen LogP contribution is -2.40. The van der Waals surface area contributed by atoms with Gasteiger partial charge in [-0.15, -0.1) is 0 Å². The highest BCUT2D eigenvalue weighted by Crippen LogP contribution is 2.26. The molecular weight excluding hydrogens is 290 g/mol. The van der Waals surface area contributed by atoms with Crippen molar-refractivity contribution in [2.45, 2.75) is 19.4 Å². The number of rotatable bonds is 5. The molecule has 0 saturated carbocycles. The number of nitrogens with two attached hydrogens (primary N) is 1. The molecule has 0 amide bonds. The maximum atomic E-state index is 12.3. The van der Waals surface area contributed by atoms with Gasteiger partial charge in [0.2, 0.25) is 0 Å². The van der Waals surface area contributed by atoms with Crippen LogP contribution in [0, 0.1) is 5.92 Å². The van der Waals surface area contributed by atoms with E-state index in [1.165, 1.54) is 4.68 Å². The first-order chi connectivity index (χ1) is 10.0. The zero-order valence-corrected chi connectivity index (χ0v) is 13.5. The summed E-state index contributed by atoms with van der Waals surface area (Å²) < 4.78 is 1.43. The van der Waals surface area contributed by atoms with Gasteiger partial charge in [-0.2, -0.15) is 5.10 Å². The van der Waals surface area contributed by atoms with E-state index in [0.717, 1.165) is 38.2 Å². The minimum Gasteiger partial charge on any atom is -0.369 e. The van der Waals surface area contributed by atoms with E-state index in [-0.39, 0.29) is 10.6 Å². The molecule has 1 aromatic rings. The van der Waals surface area contributed by atoms with Gasteiger partial charge >= 0.3 is 0 Å². The standard InChI is InChI=1S/C14H24ClN5O/c1-18(2)6-7-20-14(21)13(15)12(9-17-20)19-5-3-4-11(8-16)10-19/h9,11H,3-8,10,16H2,1-2H3. The number of aromatic nitrogens is 2. The Morgan fingerprint density at radius 1 is 1.52 bits per heavy atom. The van der Waals surface area contributed by atoms with Crippen molar-refractivity contribution in [3.63, 3.8) is 0 Å². The molecule has 0 radical (unpaired) electrons. The van der Waals surface area contributed by atoms with Crippen LogP contribution in [0.2, 0.25) is 5.02 Å². The number of nitrogens with zero attached hydrogens (tertiary/aromatic N) is 4. The molecule has 2 N–H and O–H groups in total. The molecule has 1 fully saturated rings. The molecule has 21 heavy (non-hydrogen) atoms. The second-order valence-electron chi connectivity index (χ2n) is 5.87. The van der Waals surface area contributed by atoms with Gasteiger partial charge in [-0.3, -0.25) is 4.79 Å². The van der Waals surface area contributed by atoms with Crippen molar-refractivity contribution in [1.82, 2.24) is 14.7 Å². The van der Waals surface area contributed by atoms with Gasteiger partial charge in [0.05, 0.1) is 18.4 Å². The third-order valence-corrected chi connectivity index (χ3v) is 4.27. The topological polar surface area (TPSA) is 67.4 Å². The van der Waals surface area contributed by atoms with Gasteiger partial charge in [0.15, 0.2) is 0 Å². The third-order valence-electron chi connectivity index (χ3n) is 3.92. The molecule has 1 aliphatic rings. The zero-order valence-electron chi connectivity index (χ0n) is 12.8. The molecule has 118 valence electrons. The van der Waals surface area contributed by atoms with E-state index in [0.29, 0.717) is 19.0 Å². The quantitative estimate of drug-likeness (QED) is 0.864. The Bertz CT molecular complexity index is 531. The number of hydrogen-bond acceptors (Lipinski definition) is 5. The molecule has 1 saturated heterocycles. The van der Waals surface area contributed by atoms with Crippen LogP contribution in [0.15, 0.2) is 11.0 Å². The lowest BCUT2D eigenvalue weighted by Gasteiger charge is -2.34. The van der Waals surface area contributed by atoms with Gasteiger partial charge in [-0.25, -0.2) is 4.68 Å². The minimum atomic E-state index is -0.217. The average Bonchev–Trinajstić information content (AvgIpc) is 2.48. The molecule has 0 aliphatic carbocycles. The second kappa shape index (κ2) is 7.24. The van der Waals surface area contributed by atoms with Crippen LogP contribution >= 0.6 is 11.6 Å². The first kappa shape index (κ1) is 16.3. The molecule has 2 rings (SSSR count). The normalized spacial score (nSPS) is 19.3. The zero-order chi connectivity index (χ0) is 15.4. The van der Waals surface area contributed by atoms with Gasteiger partial charge in [-0.05, 0) is 39.4 Å². The average molecular weight is 314 g/mol. The molecule has 1 aromatic heterocycles. The van der Waals surface area contributed by atoms with Crippen LogP contribution in [0.25, 0.3) is 0 Å². The van der Waals surface area contributed by atoms with Crippen LogP contribution < -0.4 is 16.2 Å². The molecule has 7 heteroatoms. The maximum Gasteiger partial charge on any atom is 0.287 e. The summed E-state index contributed by atoms with van der Waals surface area (Å²) in [6, 6.07) is 0. The third kappa shape index (κ3) is 3.96. The number of likely N-dealkylation sites (N-methyl/N-ethyl adjacent to an activating group) is 1. The van der Waals surface area contributed by atoms with Crippen molar-refractivity contribution >= 4 is 17.3 Å². The van der Waals surface area contributed by atoms with Crippen molar-refractivity contribution < 1.29 is 0 Å². The van der Waals surface area contributed by atoms with Crippen molar-refractivity contribution in [2.75, 3.05) is 45.2 Å². The highest BCUT2D eigenvalue weighted by atomic mass is 35.5. The molecule has 6 nitrogen and oxygen atoms in total. The summed E-state index contributed by atoms with van der Waals surface area (Å²) in [4.78, 5) is 16.4. The summed E-state index contributed by atoms with van der Waals surface area (Å²) >= 11 is 6.28.